The van der Waals surface area contributed by atoms with Crippen molar-refractivity contribution in [1.29, 1.82) is 0 Å². The molecule has 0 fully saturated rings. The highest BCUT2D eigenvalue weighted by atomic mass is 35.5. The van der Waals surface area contributed by atoms with Crippen molar-refractivity contribution in [1.82, 2.24) is 20.2 Å². The van der Waals surface area contributed by atoms with Crippen molar-refractivity contribution in [2.45, 2.75) is 13.3 Å². The molecule has 5 heteroatoms. The smallest absolute Gasteiger partial charge is 0.222 e. The Kier molecular flexibility index (Phi) is 2.72. The molecule has 0 saturated heterocycles. The predicted molar refractivity (Wildman–Crippen MR) is 70.7 cm³/mol. The normalized spacial score (nSPS) is 11.0. The summed E-state index contributed by atoms with van der Waals surface area (Å²) < 4.78 is 0. The third-order valence-corrected chi connectivity index (χ3v) is 3.07. The summed E-state index contributed by atoms with van der Waals surface area (Å²) >= 11 is 5.78. The SMILES string of the molecule is Cc1n[nH]c2ccc(Cc3ccnc(Cl)n3)cc12. The first kappa shape index (κ1) is 11.2. The Bertz CT molecular complexity index is 705. The molecule has 1 N–H and O–H groups in total. The molecule has 0 unspecified atom stereocenters. The van der Waals surface area contributed by atoms with E-state index in [-0.39, 0.29) is 5.28 Å². The average molecular weight is 259 g/mol. The van der Waals surface area contributed by atoms with E-state index in [9.17, 15) is 0 Å². The summed E-state index contributed by atoms with van der Waals surface area (Å²) in [5, 5.41) is 8.61. The molecule has 0 aliphatic rings. The van der Waals surface area contributed by atoms with Crippen LogP contribution in [0.5, 0.6) is 0 Å². The van der Waals surface area contributed by atoms with Crippen LogP contribution in [0.1, 0.15) is 17.0 Å². The summed E-state index contributed by atoms with van der Waals surface area (Å²) in [6.45, 7) is 1.99. The first-order valence-corrected chi connectivity index (χ1v) is 6.01. The first-order valence-electron chi connectivity index (χ1n) is 5.63. The van der Waals surface area contributed by atoms with Crippen molar-refractivity contribution >= 4 is 22.5 Å². The summed E-state index contributed by atoms with van der Waals surface area (Å²) in [5.41, 5.74) is 4.15. The highest BCUT2D eigenvalue weighted by Gasteiger charge is 2.04. The minimum absolute atomic E-state index is 0.285. The highest BCUT2D eigenvalue weighted by molar-refractivity contribution is 6.28. The third kappa shape index (κ3) is 2.07. The molecule has 2 heterocycles. The van der Waals surface area contributed by atoms with Crippen molar-refractivity contribution in [3.05, 3.63) is 52.7 Å². The average Bonchev–Trinajstić information content (AvgIpc) is 2.71. The molecule has 0 radical (unpaired) electrons. The number of nitrogens with zero attached hydrogens (tertiary/aromatic N) is 3. The largest absolute Gasteiger partial charge is 0.278 e. The zero-order chi connectivity index (χ0) is 12.5. The second-order valence-corrected chi connectivity index (χ2v) is 4.52. The lowest BCUT2D eigenvalue weighted by atomic mass is 10.1. The number of hydrogen-bond donors (Lipinski definition) is 1. The Hall–Kier alpha value is -1.94. The molecule has 3 rings (SSSR count). The Morgan fingerprint density at radius 2 is 2.17 bits per heavy atom. The van der Waals surface area contributed by atoms with Crippen LogP contribution in [-0.2, 0) is 6.42 Å². The van der Waals surface area contributed by atoms with E-state index in [0.717, 1.165) is 28.7 Å². The summed E-state index contributed by atoms with van der Waals surface area (Å²) in [5.74, 6) is 0. The number of aromatic amines is 1. The molecule has 3 aromatic rings. The molecule has 0 saturated carbocycles. The Morgan fingerprint density at radius 3 is 3.00 bits per heavy atom. The van der Waals surface area contributed by atoms with E-state index in [4.69, 9.17) is 11.6 Å². The summed E-state index contributed by atoms with van der Waals surface area (Å²) in [4.78, 5) is 8.07. The first-order chi connectivity index (χ1) is 8.72. The number of benzene rings is 1. The van der Waals surface area contributed by atoms with Gasteiger partial charge in [-0.25, -0.2) is 9.97 Å². The minimum Gasteiger partial charge on any atom is -0.278 e. The van der Waals surface area contributed by atoms with Crippen LogP contribution >= 0.6 is 11.6 Å². The number of aromatic nitrogens is 4. The fourth-order valence-electron chi connectivity index (χ4n) is 1.98. The molecule has 18 heavy (non-hydrogen) atoms. The van der Waals surface area contributed by atoms with Gasteiger partial charge in [-0.3, -0.25) is 5.10 Å². The molecule has 1 aromatic carbocycles. The lowest BCUT2D eigenvalue weighted by Crippen LogP contribution is -1.93. The zero-order valence-corrected chi connectivity index (χ0v) is 10.6. The van der Waals surface area contributed by atoms with Crippen LogP contribution in [0.2, 0.25) is 5.28 Å². The standard InChI is InChI=1S/C13H11ClN4/c1-8-11-7-9(2-3-12(11)18-17-8)6-10-4-5-15-13(14)16-10/h2-5,7H,6H2,1H3,(H,17,18). The van der Waals surface area contributed by atoms with Crippen molar-refractivity contribution < 1.29 is 0 Å². The second-order valence-electron chi connectivity index (χ2n) is 4.18. The van der Waals surface area contributed by atoms with Gasteiger partial charge in [0.05, 0.1) is 11.2 Å². The van der Waals surface area contributed by atoms with Gasteiger partial charge in [-0.15, -0.1) is 0 Å². The molecule has 0 atom stereocenters. The van der Waals surface area contributed by atoms with Crippen LogP contribution in [-0.4, -0.2) is 20.2 Å². The minimum atomic E-state index is 0.285. The van der Waals surface area contributed by atoms with Crippen LogP contribution in [0.3, 0.4) is 0 Å². The van der Waals surface area contributed by atoms with E-state index >= 15 is 0 Å². The van der Waals surface area contributed by atoms with Gasteiger partial charge in [-0.1, -0.05) is 6.07 Å². The zero-order valence-electron chi connectivity index (χ0n) is 9.81. The quantitative estimate of drug-likeness (QED) is 0.719. The molecule has 0 amide bonds. The van der Waals surface area contributed by atoms with Gasteiger partial charge in [-0.2, -0.15) is 5.10 Å². The highest BCUT2D eigenvalue weighted by Crippen LogP contribution is 2.18. The van der Waals surface area contributed by atoms with Crippen LogP contribution in [0.4, 0.5) is 0 Å². The molecular weight excluding hydrogens is 248 g/mol. The molecule has 0 aliphatic heterocycles. The van der Waals surface area contributed by atoms with E-state index in [1.807, 2.05) is 19.1 Å². The fourth-order valence-corrected chi connectivity index (χ4v) is 2.14. The van der Waals surface area contributed by atoms with Crippen LogP contribution in [0.15, 0.2) is 30.5 Å². The Morgan fingerprint density at radius 1 is 1.28 bits per heavy atom. The molecule has 0 spiro atoms. The maximum Gasteiger partial charge on any atom is 0.222 e. The lowest BCUT2D eigenvalue weighted by molar-refractivity contribution is 1.03. The molecule has 90 valence electrons. The van der Waals surface area contributed by atoms with Crippen molar-refractivity contribution in [2.24, 2.45) is 0 Å². The van der Waals surface area contributed by atoms with Crippen molar-refractivity contribution in [2.75, 3.05) is 0 Å². The van der Waals surface area contributed by atoms with Crippen LogP contribution in [0.25, 0.3) is 10.9 Å². The molecule has 0 aliphatic carbocycles. The Balaban J connectivity index is 1.97. The van der Waals surface area contributed by atoms with Gasteiger partial charge in [0.2, 0.25) is 5.28 Å². The number of halogens is 1. The van der Waals surface area contributed by atoms with Gasteiger partial charge in [0.15, 0.2) is 0 Å². The van der Waals surface area contributed by atoms with Gasteiger partial charge in [0.1, 0.15) is 0 Å². The van der Waals surface area contributed by atoms with E-state index < -0.39 is 0 Å². The van der Waals surface area contributed by atoms with Gasteiger partial charge >= 0.3 is 0 Å². The topological polar surface area (TPSA) is 54.5 Å². The summed E-state index contributed by atoms with van der Waals surface area (Å²) in [6.07, 6.45) is 2.41. The predicted octanol–water partition coefficient (Wildman–Crippen LogP) is 2.91. The van der Waals surface area contributed by atoms with Gasteiger partial charge in [0.25, 0.3) is 0 Å². The van der Waals surface area contributed by atoms with Crippen molar-refractivity contribution in [3.63, 3.8) is 0 Å². The number of fused-ring (bicyclic) bond motifs is 1. The second kappa shape index (κ2) is 4.38. The van der Waals surface area contributed by atoms with Gasteiger partial charge in [-0.05, 0) is 42.3 Å². The number of rotatable bonds is 2. The van der Waals surface area contributed by atoms with Gasteiger partial charge in [0, 0.05) is 23.7 Å². The molecule has 0 bridgehead atoms. The fraction of sp³-hybridized carbons (Fsp3) is 0.154. The maximum absolute atomic E-state index is 5.78. The number of nitrogens with one attached hydrogen (secondary N) is 1. The number of aryl methyl sites for hydroxylation is 1. The number of hydrogen-bond acceptors (Lipinski definition) is 3. The van der Waals surface area contributed by atoms with E-state index in [1.165, 1.54) is 5.56 Å². The maximum atomic E-state index is 5.78. The third-order valence-electron chi connectivity index (χ3n) is 2.89. The van der Waals surface area contributed by atoms with E-state index in [1.54, 1.807) is 6.20 Å². The lowest BCUT2D eigenvalue weighted by Gasteiger charge is -2.02. The van der Waals surface area contributed by atoms with Crippen LogP contribution < -0.4 is 0 Å². The molecule has 2 aromatic heterocycles. The summed E-state index contributed by atoms with van der Waals surface area (Å²) in [6, 6.07) is 8.10. The van der Waals surface area contributed by atoms with Crippen molar-refractivity contribution in [3.8, 4) is 0 Å². The monoisotopic (exact) mass is 258 g/mol. The van der Waals surface area contributed by atoms with Crippen LogP contribution in [0, 0.1) is 6.92 Å². The number of H-pyrrole nitrogens is 1. The van der Waals surface area contributed by atoms with Gasteiger partial charge < -0.3 is 0 Å². The Labute approximate surface area is 109 Å². The molecule has 4 nitrogen and oxygen atoms in total. The van der Waals surface area contributed by atoms with E-state index in [2.05, 4.69) is 32.3 Å². The summed E-state index contributed by atoms with van der Waals surface area (Å²) in [7, 11) is 0. The van der Waals surface area contributed by atoms with E-state index in [0.29, 0.717) is 0 Å². The molecular formula is C13H11ClN4.